The van der Waals surface area contributed by atoms with E-state index in [1.807, 2.05) is 43.3 Å². The zero-order chi connectivity index (χ0) is 21.1. The number of rotatable bonds is 5. The number of aryl methyl sites for hydroxylation is 1. The Morgan fingerprint density at radius 2 is 1.87 bits per heavy atom. The molecule has 0 saturated heterocycles. The molecule has 150 valence electrons. The number of carbonyl (C=O) groups is 1. The van der Waals surface area contributed by atoms with Crippen LogP contribution in [0.2, 0.25) is 0 Å². The number of pyridine rings is 1. The number of anilines is 2. The molecule has 2 heterocycles. The maximum Gasteiger partial charge on any atom is 0.269 e. The number of hydrogen-bond acceptors (Lipinski definition) is 6. The fourth-order valence-corrected chi connectivity index (χ4v) is 3.10. The van der Waals surface area contributed by atoms with Crippen molar-refractivity contribution in [2.24, 2.45) is 0 Å². The fraction of sp³-hybridized carbons (Fsp3) is 0.0909. The molecule has 0 aliphatic heterocycles. The Labute approximate surface area is 181 Å². The molecule has 0 atom stereocenters. The van der Waals surface area contributed by atoms with E-state index < -0.39 is 0 Å². The molecule has 0 fully saturated rings. The molecule has 30 heavy (non-hydrogen) atoms. The highest BCUT2D eigenvalue weighted by molar-refractivity contribution is 9.10. The third-order valence-electron chi connectivity index (χ3n) is 4.39. The summed E-state index contributed by atoms with van der Waals surface area (Å²) in [6, 6.07) is 14.8. The van der Waals surface area contributed by atoms with Gasteiger partial charge in [0.25, 0.3) is 5.91 Å². The quantitative estimate of drug-likeness (QED) is 0.433. The van der Waals surface area contributed by atoms with Gasteiger partial charge in [0.2, 0.25) is 5.95 Å². The number of hydrogen-bond donors (Lipinski definition) is 2. The van der Waals surface area contributed by atoms with Crippen LogP contribution in [0.25, 0.3) is 10.9 Å². The molecule has 4 rings (SSSR count). The molecule has 0 aliphatic carbocycles. The largest absolute Gasteiger partial charge is 0.457 e. The van der Waals surface area contributed by atoms with Gasteiger partial charge in [0.1, 0.15) is 17.2 Å². The Morgan fingerprint density at radius 1 is 1.03 bits per heavy atom. The maximum atomic E-state index is 11.7. The molecule has 0 radical (unpaired) electrons. The van der Waals surface area contributed by atoms with E-state index in [0.29, 0.717) is 17.4 Å². The number of nitrogens with zero attached hydrogens (tertiary/aromatic N) is 3. The number of nitrogens with one attached hydrogen (secondary N) is 2. The van der Waals surface area contributed by atoms with E-state index in [4.69, 9.17) is 4.74 Å². The van der Waals surface area contributed by atoms with Crippen molar-refractivity contribution >= 4 is 44.4 Å². The van der Waals surface area contributed by atoms with Gasteiger partial charge < -0.3 is 15.4 Å². The smallest absolute Gasteiger partial charge is 0.269 e. The van der Waals surface area contributed by atoms with Crippen LogP contribution in [0, 0.1) is 6.92 Å². The maximum absolute atomic E-state index is 11.7. The first kappa shape index (κ1) is 19.8. The van der Waals surface area contributed by atoms with E-state index in [1.165, 1.54) is 6.20 Å². The molecule has 8 heteroatoms. The van der Waals surface area contributed by atoms with Gasteiger partial charge in [-0.15, -0.1) is 0 Å². The highest BCUT2D eigenvalue weighted by Gasteiger charge is 2.08. The van der Waals surface area contributed by atoms with Gasteiger partial charge in [-0.2, -0.15) is 0 Å². The Kier molecular flexibility index (Phi) is 5.58. The van der Waals surface area contributed by atoms with Crippen LogP contribution in [-0.2, 0) is 0 Å². The first-order valence-corrected chi connectivity index (χ1v) is 9.97. The number of amides is 1. The van der Waals surface area contributed by atoms with Gasteiger partial charge in [0.15, 0.2) is 0 Å². The van der Waals surface area contributed by atoms with Gasteiger partial charge in [-0.3, -0.25) is 9.78 Å². The van der Waals surface area contributed by atoms with Crippen LogP contribution >= 0.6 is 15.9 Å². The predicted octanol–water partition coefficient (Wildman–Crippen LogP) is 4.99. The van der Waals surface area contributed by atoms with Gasteiger partial charge in [-0.1, -0.05) is 15.9 Å². The lowest BCUT2D eigenvalue weighted by atomic mass is 10.2. The summed E-state index contributed by atoms with van der Waals surface area (Å²) in [5, 5.41) is 6.60. The summed E-state index contributed by atoms with van der Waals surface area (Å²) in [7, 11) is 1.56. The van der Waals surface area contributed by atoms with Gasteiger partial charge >= 0.3 is 0 Å². The van der Waals surface area contributed by atoms with Crippen molar-refractivity contribution < 1.29 is 9.53 Å². The highest BCUT2D eigenvalue weighted by atomic mass is 79.9. The van der Waals surface area contributed by atoms with Crippen LogP contribution in [0.5, 0.6) is 11.5 Å². The van der Waals surface area contributed by atoms with Crippen LogP contribution in [-0.4, -0.2) is 27.9 Å². The normalized spacial score (nSPS) is 10.6. The van der Waals surface area contributed by atoms with Gasteiger partial charge in [-0.05, 0) is 55.0 Å². The second kappa shape index (κ2) is 8.46. The first-order valence-electron chi connectivity index (χ1n) is 9.18. The second-order valence-electron chi connectivity index (χ2n) is 6.56. The zero-order valence-electron chi connectivity index (χ0n) is 16.3. The van der Waals surface area contributed by atoms with Crippen molar-refractivity contribution in [1.29, 1.82) is 0 Å². The molecule has 4 aromatic rings. The summed E-state index contributed by atoms with van der Waals surface area (Å²) in [5.41, 5.74) is 3.12. The molecule has 2 aromatic heterocycles. The summed E-state index contributed by atoms with van der Waals surface area (Å²) in [5.74, 6) is 1.38. The number of halogens is 1. The van der Waals surface area contributed by atoms with E-state index in [-0.39, 0.29) is 11.6 Å². The topological polar surface area (TPSA) is 89.0 Å². The molecule has 0 saturated carbocycles. The molecule has 1 amide bonds. The SMILES string of the molecule is CNC(=O)c1cc(Oc2ccc3nc(Nc4ccc(Br)c(C)c4)ncc3c2)ccn1. The van der Waals surface area contributed by atoms with Crippen LogP contribution < -0.4 is 15.4 Å². The Bertz CT molecular complexity index is 1250. The van der Waals surface area contributed by atoms with E-state index >= 15 is 0 Å². The van der Waals surface area contributed by atoms with E-state index in [1.54, 1.807) is 25.4 Å². The summed E-state index contributed by atoms with van der Waals surface area (Å²) >= 11 is 3.50. The molecule has 0 unspecified atom stereocenters. The molecule has 7 nitrogen and oxygen atoms in total. The lowest BCUT2D eigenvalue weighted by Gasteiger charge is -2.09. The van der Waals surface area contributed by atoms with Crippen LogP contribution in [0.15, 0.2) is 65.4 Å². The van der Waals surface area contributed by atoms with Crippen LogP contribution in [0.4, 0.5) is 11.6 Å². The molecule has 0 aliphatic rings. The van der Waals surface area contributed by atoms with Crippen molar-refractivity contribution in [3.05, 3.63) is 76.7 Å². The molecule has 0 spiro atoms. The van der Waals surface area contributed by atoms with Crippen molar-refractivity contribution in [1.82, 2.24) is 20.3 Å². The average Bonchev–Trinajstić information content (AvgIpc) is 2.76. The Morgan fingerprint density at radius 3 is 2.67 bits per heavy atom. The zero-order valence-corrected chi connectivity index (χ0v) is 17.9. The van der Waals surface area contributed by atoms with Gasteiger partial charge in [0, 0.05) is 41.1 Å². The minimum atomic E-state index is -0.270. The molecule has 0 bridgehead atoms. The Balaban J connectivity index is 1.54. The number of benzene rings is 2. The van der Waals surface area contributed by atoms with Crippen LogP contribution in [0.3, 0.4) is 0 Å². The lowest BCUT2D eigenvalue weighted by molar-refractivity contribution is 0.0958. The van der Waals surface area contributed by atoms with Gasteiger partial charge in [-0.25, -0.2) is 9.97 Å². The number of fused-ring (bicyclic) bond motifs is 1. The minimum absolute atomic E-state index is 0.270. The number of ether oxygens (including phenoxy) is 1. The van der Waals surface area contributed by atoms with Crippen LogP contribution in [0.1, 0.15) is 16.1 Å². The molecular formula is C22H18BrN5O2. The molecule has 2 aromatic carbocycles. The predicted molar refractivity (Wildman–Crippen MR) is 119 cm³/mol. The third kappa shape index (κ3) is 4.38. The highest BCUT2D eigenvalue weighted by Crippen LogP contribution is 2.26. The first-order chi connectivity index (χ1) is 14.5. The summed E-state index contributed by atoms with van der Waals surface area (Å²) in [6.45, 7) is 2.03. The summed E-state index contributed by atoms with van der Waals surface area (Å²) < 4.78 is 6.93. The molecular weight excluding hydrogens is 446 g/mol. The van der Waals surface area contributed by atoms with Gasteiger partial charge in [0.05, 0.1) is 5.52 Å². The van der Waals surface area contributed by atoms with E-state index in [0.717, 1.165) is 26.6 Å². The lowest BCUT2D eigenvalue weighted by Crippen LogP contribution is -2.18. The minimum Gasteiger partial charge on any atom is -0.457 e. The van der Waals surface area contributed by atoms with Crippen molar-refractivity contribution in [3.8, 4) is 11.5 Å². The standard InChI is InChI=1S/C22H18BrN5O2/c1-13-9-15(3-5-18(13)23)27-22-26-12-14-10-16(4-6-19(14)28-22)30-17-7-8-25-20(11-17)21(29)24-2/h3-12H,1-2H3,(H,24,29)(H,26,27,28). The van der Waals surface area contributed by atoms with Crippen molar-refractivity contribution in [3.63, 3.8) is 0 Å². The summed E-state index contributed by atoms with van der Waals surface area (Å²) in [4.78, 5) is 24.7. The third-order valence-corrected chi connectivity index (χ3v) is 5.28. The second-order valence-corrected chi connectivity index (χ2v) is 7.42. The summed E-state index contributed by atoms with van der Waals surface area (Å²) in [6.07, 6.45) is 3.28. The van der Waals surface area contributed by atoms with Crippen molar-refractivity contribution in [2.75, 3.05) is 12.4 Å². The molecule has 2 N–H and O–H groups in total. The monoisotopic (exact) mass is 463 g/mol. The fourth-order valence-electron chi connectivity index (χ4n) is 2.85. The Hall–Kier alpha value is -3.52. The van der Waals surface area contributed by atoms with E-state index in [9.17, 15) is 4.79 Å². The number of carbonyl (C=O) groups excluding carboxylic acids is 1. The average molecular weight is 464 g/mol. The van der Waals surface area contributed by atoms with E-state index in [2.05, 4.69) is 41.5 Å². The number of aromatic nitrogens is 3. The van der Waals surface area contributed by atoms with Crippen molar-refractivity contribution in [2.45, 2.75) is 6.92 Å².